The molecule has 1 aliphatic rings. The van der Waals surface area contributed by atoms with Crippen LogP contribution in [-0.4, -0.2) is 42.1 Å². The molecule has 1 fully saturated rings. The van der Waals surface area contributed by atoms with Gasteiger partial charge in [0.2, 0.25) is 5.69 Å². The van der Waals surface area contributed by atoms with Gasteiger partial charge >= 0.3 is 6.18 Å². The Morgan fingerprint density at radius 2 is 1.90 bits per heavy atom. The molecule has 1 saturated heterocycles. The molecule has 1 aromatic heterocycles. The van der Waals surface area contributed by atoms with Crippen LogP contribution in [0.3, 0.4) is 0 Å². The number of aromatic amines is 1. The van der Waals surface area contributed by atoms with Crippen LogP contribution in [-0.2, 0) is 13.2 Å². The molecule has 40 heavy (non-hydrogen) atoms. The van der Waals surface area contributed by atoms with E-state index < -0.39 is 17.6 Å². The lowest BCUT2D eigenvalue weighted by Gasteiger charge is -2.20. The highest BCUT2D eigenvalue weighted by Gasteiger charge is 2.34. The Morgan fingerprint density at radius 3 is 2.55 bits per heavy atom. The second-order valence-corrected chi connectivity index (χ2v) is 10.0. The van der Waals surface area contributed by atoms with Crippen LogP contribution >= 0.6 is 0 Å². The van der Waals surface area contributed by atoms with E-state index in [0.29, 0.717) is 30.2 Å². The summed E-state index contributed by atoms with van der Waals surface area (Å²) in [6, 6.07) is 8.62. The number of aromatic nitrogens is 2. The maximum Gasteiger partial charge on any atom is 0.418 e. The molecule has 0 saturated carbocycles. The van der Waals surface area contributed by atoms with Gasteiger partial charge in [-0.15, -0.1) is 4.68 Å². The molecule has 2 heterocycles. The second kappa shape index (κ2) is 12.0. The Kier molecular flexibility index (Phi) is 8.70. The number of hydrogen-bond donors (Lipinski definition) is 5. The first-order valence-corrected chi connectivity index (χ1v) is 13.1. The third-order valence-electron chi connectivity index (χ3n) is 7.16. The van der Waals surface area contributed by atoms with Gasteiger partial charge in [0.25, 0.3) is 5.91 Å². The first kappa shape index (κ1) is 29.0. The lowest BCUT2D eigenvalue weighted by molar-refractivity contribution is -0.732. The quantitative estimate of drug-likeness (QED) is 0.155. The number of halogens is 3. The molecule has 0 bridgehead atoms. The molecule has 0 aliphatic carbocycles. The van der Waals surface area contributed by atoms with Crippen molar-refractivity contribution in [2.24, 2.45) is 18.6 Å². The summed E-state index contributed by atoms with van der Waals surface area (Å²) in [5.41, 5.74) is 9.10. The van der Waals surface area contributed by atoms with Crippen LogP contribution in [0, 0.1) is 13.8 Å². The Morgan fingerprint density at radius 1 is 1.18 bits per heavy atom. The SMILES string of the molecule is Cc1ccc(NC(=O)c2ccc(NCCN3CCCC3)c(C(F)(F)F)c2)cc1N(N)/C=C(\N)c1c[nH][n+](C)c1C. The summed E-state index contributed by atoms with van der Waals surface area (Å²) >= 11 is 0. The average Bonchev–Trinajstić information content (AvgIpc) is 3.54. The van der Waals surface area contributed by atoms with Crippen molar-refractivity contribution in [1.29, 1.82) is 0 Å². The Hall–Kier alpha value is -4.03. The minimum Gasteiger partial charge on any atom is -0.397 e. The molecule has 214 valence electrons. The van der Waals surface area contributed by atoms with Gasteiger partial charge in [0.15, 0.2) is 7.05 Å². The van der Waals surface area contributed by atoms with E-state index in [-0.39, 0.29) is 11.3 Å². The molecule has 2 aromatic carbocycles. The van der Waals surface area contributed by atoms with Crippen molar-refractivity contribution in [2.75, 3.05) is 41.8 Å². The summed E-state index contributed by atoms with van der Waals surface area (Å²) in [5.74, 6) is 5.61. The number of carbonyl (C=O) groups excluding carboxylic acids is 1. The number of rotatable bonds is 9. The van der Waals surface area contributed by atoms with Crippen molar-refractivity contribution in [3.8, 4) is 0 Å². The van der Waals surface area contributed by atoms with E-state index in [1.165, 1.54) is 17.1 Å². The minimum absolute atomic E-state index is 0.0460. The molecule has 0 spiro atoms. The van der Waals surface area contributed by atoms with E-state index in [0.717, 1.165) is 48.8 Å². The molecule has 9 nitrogen and oxygen atoms in total. The summed E-state index contributed by atoms with van der Waals surface area (Å²) in [5, 5.41) is 9.95. The standard InChI is InChI=1S/C28H35F3N8O/c1-18-6-8-21(15-26(18)39(33)17-24(32)22-16-35-37(3)19(22)2)36-27(40)20-7-9-25(23(14-20)28(29,30)31)34-10-13-38-11-4-5-12-38/h6-9,14-17H,4-5,10-13,32-33H2,1-3H3,(H2,34,36,40)/p+1/b24-17-. The number of anilines is 3. The molecule has 0 unspecified atom stereocenters. The van der Waals surface area contributed by atoms with Gasteiger partial charge in [-0.05, 0) is 68.8 Å². The monoisotopic (exact) mass is 557 g/mol. The fraction of sp³-hybridized carbons (Fsp3) is 0.357. The third-order valence-corrected chi connectivity index (χ3v) is 7.16. The number of likely N-dealkylation sites (tertiary alicyclic amines) is 1. The number of hydrogen-bond acceptors (Lipinski definition) is 6. The summed E-state index contributed by atoms with van der Waals surface area (Å²) < 4.78 is 43.4. The van der Waals surface area contributed by atoms with Crippen molar-refractivity contribution in [2.45, 2.75) is 32.9 Å². The number of amides is 1. The van der Waals surface area contributed by atoms with Crippen molar-refractivity contribution in [1.82, 2.24) is 10.00 Å². The number of carbonyl (C=O) groups is 1. The average molecular weight is 558 g/mol. The van der Waals surface area contributed by atoms with Crippen LogP contribution in [0.4, 0.5) is 30.2 Å². The van der Waals surface area contributed by atoms with Gasteiger partial charge in [-0.3, -0.25) is 9.80 Å². The predicted octanol–water partition coefficient (Wildman–Crippen LogP) is 3.87. The Bertz CT molecular complexity index is 1390. The number of aryl methyl sites for hydroxylation is 2. The number of H-pyrrole nitrogens is 1. The summed E-state index contributed by atoms with van der Waals surface area (Å²) in [6.45, 7) is 6.73. The maximum atomic E-state index is 13.9. The zero-order chi connectivity index (χ0) is 29.0. The summed E-state index contributed by atoms with van der Waals surface area (Å²) in [7, 11) is 1.86. The maximum absolute atomic E-state index is 13.9. The third kappa shape index (κ3) is 6.75. The molecule has 12 heteroatoms. The van der Waals surface area contributed by atoms with Gasteiger partial charge in [-0.25, -0.2) is 5.84 Å². The number of nitrogens with two attached hydrogens (primary N) is 2. The molecule has 7 N–H and O–H groups in total. The van der Waals surface area contributed by atoms with Crippen LogP contribution in [0.25, 0.3) is 5.70 Å². The number of benzene rings is 2. The van der Waals surface area contributed by atoms with Crippen molar-refractivity contribution in [3.05, 3.63) is 76.7 Å². The zero-order valence-corrected chi connectivity index (χ0v) is 22.9. The van der Waals surface area contributed by atoms with Gasteiger partial charge in [-0.1, -0.05) is 6.07 Å². The van der Waals surface area contributed by atoms with Crippen molar-refractivity contribution < 1.29 is 22.6 Å². The number of nitrogens with one attached hydrogen (secondary N) is 3. The largest absolute Gasteiger partial charge is 0.418 e. The van der Waals surface area contributed by atoms with Crippen LogP contribution in [0.1, 0.15) is 45.6 Å². The number of hydrazine groups is 1. The molecule has 0 atom stereocenters. The van der Waals surface area contributed by atoms with Crippen molar-refractivity contribution in [3.63, 3.8) is 0 Å². The van der Waals surface area contributed by atoms with Crippen LogP contribution < -0.4 is 31.9 Å². The van der Waals surface area contributed by atoms with Crippen LogP contribution in [0.5, 0.6) is 0 Å². The first-order chi connectivity index (χ1) is 18.9. The molecule has 4 rings (SSSR count). The van der Waals surface area contributed by atoms with E-state index in [4.69, 9.17) is 11.6 Å². The smallest absolute Gasteiger partial charge is 0.397 e. The normalized spacial score (nSPS) is 14.4. The first-order valence-electron chi connectivity index (χ1n) is 13.1. The van der Waals surface area contributed by atoms with Gasteiger partial charge in [0, 0.05) is 43.2 Å². The van der Waals surface area contributed by atoms with E-state index in [9.17, 15) is 18.0 Å². The minimum atomic E-state index is -4.62. The van der Waals surface area contributed by atoms with E-state index >= 15 is 0 Å². The highest BCUT2D eigenvalue weighted by atomic mass is 19.4. The van der Waals surface area contributed by atoms with Gasteiger partial charge < -0.3 is 21.3 Å². The Labute approximate surface area is 231 Å². The molecule has 1 aliphatic heterocycles. The molecular formula is C28H36F3N8O+. The predicted molar refractivity (Wildman–Crippen MR) is 150 cm³/mol. The molecular weight excluding hydrogens is 521 g/mol. The number of nitrogens with zero attached hydrogens (tertiary/aromatic N) is 3. The van der Waals surface area contributed by atoms with Gasteiger partial charge in [0.1, 0.15) is 0 Å². The lowest BCUT2D eigenvalue weighted by atomic mass is 10.1. The summed E-state index contributed by atoms with van der Waals surface area (Å²) in [4.78, 5) is 15.2. The van der Waals surface area contributed by atoms with E-state index in [1.54, 1.807) is 30.6 Å². The molecule has 1 amide bonds. The fourth-order valence-electron chi connectivity index (χ4n) is 4.72. The zero-order valence-electron chi connectivity index (χ0n) is 22.9. The van der Waals surface area contributed by atoms with Gasteiger partial charge in [0.05, 0.1) is 28.7 Å². The highest BCUT2D eigenvalue weighted by Crippen LogP contribution is 2.36. The fourth-order valence-corrected chi connectivity index (χ4v) is 4.72. The summed E-state index contributed by atoms with van der Waals surface area (Å²) in [6.07, 6.45) is 0.933. The topological polar surface area (TPSA) is 119 Å². The lowest BCUT2D eigenvalue weighted by Crippen LogP contribution is -2.33. The Balaban J connectivity index is 1.49. The van der Waals surface area contributed by atoms with Crippen LogP contribution in [0.15, 0.2) is 48.8 Å². The highest BCUT2D eigenvalue weighted by molar-refractivity contribution is 6.05. The van der Waals surface area contributed by atoms with Crippen molar-refractivity contribution >= 4 is 28.7 Å². The van der Waals surface area contributed by atoms with Gasteiger partial charge in [-0.2, -0.15) is 18.3 Å². The molecule has 0 radical (unpaired) electrons. The number of alkyl halides is 3. The molecule has 3 aromatic rings. The second-order valence-electron chi connectivity index (χ2n) is 10.0. The van der Waals surface area contributed by atoms with Crippen LogP contribution in [0.2, 0.25) is 0 Å². The van der Waals surface area contributed by atoms with E-state index in [1.807, 2.05) is 25.6 Å². The van der Waals surface area contributed by atoms with E-state index in [2.05, 4.69) is 20.6 Å².